The van der Waals surface area contributed by atoms with Crippen molar-refractivity contribution < 1.29 is 4.39 Å². The maximum absolute atomic E-state index is 12.9. The first-order chi connectivity index (χ1) is 10.7. The van der Waals surface area contributed by atoms with Gasteiger partial charge in [0.1, 0.15) is 17.5 Å². The molecule has 118 valence electrons. The predicted octanol–water partition coefficient (Wildman–Crippen LogP) is 3.04. The van der Waals surface area contributed by atoms with E-state index in [9.17, 15) is 4.39 Å². The molecule has 0 saturated heterocycles. The number of rotatable bonds is 5. The Hall–Kier alpha value is -1.75. The maximum atomic E-state index is 12.9. The van der Waals surface area contributed by atoms with E-state index in [-0.39, 0.29) is 5.82 Å². The molecule has 0 aliphatic carbocycles. The van der Waals surface area contributed by atoms with Crippen molar-refractivity contribution in [3.05, 3.63) is 47.3 Å². The van der Waals surface area contributed by atoms with E-state index in [1.54, 1.807) is 0 Å². The van der Waals surface area contributed by atoms with Gasteiger partial charge in [0.15, 0.2) is 0 Å². The highest BCUT2D eigenvalue weighted by molar-refractivity contribution is 5.20. The third-order valence-electron chi connectivity index (χ3n) is 4.36. The van der Waals surface area contributed by atoms with Crippen molar-refractivity contribution in [1.29, 1.82) is 0 Å². The number of aryl methyl sites for hydroxylation is 1. The average molecular weight is 302 g/mol. The minimum atomic E-state index is -0.185. The number of hydrogen-bond donors (Lipinski definition) is 1. The molecule has 0 fully saturated rings. The second-order valence-corrected chi connectivity index (χ2v) is 6.08. The van der Waals surface area contributed by atoms with Crippen molar-refractivity contribution in [2.24, 2.45) is 0 Å². The molecule has 0 amide bonds. The van der Waals surface area contributed by atoms with Crippen LogP contribution in [0.4, 0.5) is 4.39 Å². The molecule has 4 nitrogen and oxygen atoms in total. The van der Waals surface area contributed by atoms with Crippen LogP contribution in [0.25, 0.3) is 0 Å². The Morgan fingerprint density at radius 2 is 2.00 bits per heavy atom. The fourth-order valence-corrected chi connectivity index (χ4v) is 2.99. The van der Waals surface area contributed by atoms with Crippen LogP contribution in [0, 0.1) is 5.82 Å². The summed E-state index contributed by atoms with van der Waals surface area (Å²) in [6.07, 6.45) is 4.74. The molecular weight excluding hydrogens is 279 g/mol. The monoisotopic (exact) mass is 302 g/mol. The van der Waals surface area contributed by atoms with Crippen LogP contribution in [0.1, 0.15) is 49.3 Å². The molecule has 0 unspecified atom stereocenters. The van der Waals surface area contributed by atoms with Gasteiger partial charge in [-0.05, 0) is 36.5 Å². The van der Waals surface area contributed by atoms with Crippen LogP contribution in [0.2, 0.25) is 0 Å². The molecule has 2 heterocycles. The van der Waals surface area contributed by atoms with Crippen LogP contribution < -0.4 is 5.32 Å². The molecule has 1 N–H and O–H groups in total. The van der Waals surface area contributed by atoms with E-state index in [0.29, 0.717) is 5.92 Å². The van der Waals surface area contributed by atoms with Crippen LogP contribution >= 0.6 is 0 Å². The van der Waals surface area contributed by atoms with Crippen molar-refractivity contribution in [3.63, 3.8) is 0 Å². The number of nitrogens with zero attached hydrogens (tertiary/aromatic N) is 3. The first-order valence-corrected chi connectivity index (χ1v) is 8.11. The highest BCUT2D eigenvalue weighted by Crippen LogP contribution is 2.16. The Bertz CT molecular complexity index is 606. The van der Waals surface area contributed by atoms with Gasteiger partial charge in [0.2, 0.25) is 0 Å². The van der Waals surface area contributed by atoms with Crippen LogP contribution in [0.3, 0.4) is 0 Å². The number of aromatic nitrogens is 3. The minimum Gasteiger partial charge on any atom is -0.314 e. The van der Waals surface area contributed by atoms with E-state index in [0.717, 1.165) is 43.3 Å². The van der Waals surface area contributed by atoms with Crippen molar-refractivity contribution in [2.45, 2.75) is 51.6 Å². The lowest BCUT2D eigenvalue weighted by atomic mass is 10.0. The molecule has 0 spiro atoms. The van der Waals surface area contributed by atoms with Gasteiger partial charge in [0.25, 0.3) is 0 Å². The zero-order valence-corrected chi connectivity index (χ0v) is 13.1. The molecule has 2 aromatic rings. The molecule has 1 aliphatic heterocycles. The molecule has 22 heavy (non-hydrogen) atoms. The fourth-order valence-electron chi connectivity index (χ4n) is 2.99. The first kappa shape index (κ1) is 15.2. The lowest BCUT2D eigenvalue weighted by Crippen LogP contribution is -2.22. The average Bonchev–Trinajstić information content (AvgIpc) is 2.76. The molecule has 0 radical (unpaired) electrons. The van der Waals surface area contributed by atoms with E-state index < -0.39 is 0 Å². The number of fused-ring (bicyclic) bond motifs is 1. The van der Waals surface area contributed by atoms with E-state index >= 15 is 0 Å². The van der Waals surface area contributed by atoms with Crippen molar-refractivity contribution in [2.75, 3.05) is 6.54 Å². The predicted molar refractivity (Wildman–Crippen MR) is 84.1 cm³/mol. The van der Waals surface area contributed by atoms with Gasteiger partial charge < -0.3 is 9.88 Å². The van der Waals surface area contributed by atoms with Crippen LogP contribution in [0.5, 0.6) is 0 Å². The summed E-state index contributed by atoms with van der Waals surface area (Å²) in [4.78, 5) is 0. The van der Waals surface area contributed by atoms with Gasteiger partial charge in [-0.25, -0.2) is 4.39 Å². The quantitative estimate of drug-likeness (QED) is 0.923. The van der Waals surface area contributed by atoms with Gasteiger partial charge in [-0.15, -0.1) is 10.2 Å². The largest absolute Gasteiger partial charge is 0.314 e. The van der Waals surface area contributed by atoms with Crippen LogP contribution in [-0.2, 0) is 19.5 Å². The molecule has 1 aromatic heterocycles. The van der Waals surface area contributed by atoms with E-state index in [1.807, 2.05) is 12.1 Å². The molecule has 1 aliphatic rings. The molecule has 0 bridgehead atoms. The van der Waals surface area contributed by atoms with Crippen molar-refractivity contribution >= 4 is 0 Å². The van der Waals surface area contributed by atoms with Gasteiger partial charge in [-0.2, -0.15) is 0 Å². The Balaban J connectivity index is 1.55. The third-order valence-corrected chi connectivity index (χ3v) is 4.36. The van der Waals surface area contributed by atoms with Crippen LogP contribution in [0.15, 0.2) is 24.3 Å². The van der Waals surface area contributed by atoms with Gasteiger partial charge in [-0.1, -0.05) is 25.5 Å². The highest BCUT2D eigenvalue weighted by atomic mass is 19.1. The lowest BCUT2D eigenvalue weighted by molar-refractivity contribution is 0.553. The van der Waals surface area contributed by atoms with Gasteiger partial charge >= 0.3 is 0 Å². The molecular formula is C17H23FN4. The molecule has 1 atom stereocenters. The van der Waals surface area contributed by atoms with Crippen molar-refractivity contribution in [3.8, 4) is 0 Å². The van der Waals surface area contributed by atoms with Gasteiger partial charge in [0.05, 0.1) is 6.54 Å². The Labute approximate surface area is 130 Å². The van der Waals surface area contributed by atoms with Gasteiger partial charge in [0, 0.05) is 19.5 Å². The summed E-state index contributed by atoms with van der Waals surface area (Å²) in [7, 11) is 0. The maximum Gasteiger partial charge on any atom is 0.147 e. The topological polar surface area (TPSA) is 42.7 Å². The van der Waals surface area contributed by atoms with Gasteiger partial charge in [-0.3, -0.25) is 0 Å². The fraction of sp³-hybridized carbons (Fsp3) is 0.529. The summed E-state index contributed by atoms with van der Waals surface area (Å²) in [5, 5.41) is 12.1. The zero-order valence-electron chi connectivity index (χ0n) is 13.1. The number of benzene rings is 1. The lowest BCUT2D eigenvalue weighted by Gasteiger charge is -2.13. The second-order valence-electron chi connectivity index (χ2n) is 6.08. The number of halogens is 1. The van der Waals surface area contributed by atoms with E-state index in [2.05, 4.69) is 27.0 Å². The summed E-state index contributed by atoms with van der Waals surface area (Å²) in [5.41, 5.74) is 1.15. The Morgan fingerprint density at radius 1 is 1.18 bits per heavy atom. The van der Waals surface area contributed by atoms with Crippen molar-refractivity contribution in [1.82, 2.24) is 20.1 Å². The number of hydrogen-bond acceptors (Lipinski definition) is 3. The summed E-state index contributed by atoms with van der Waals surface area (Å²) >= 11 is 0. The normalized spacial score (nSPS) is 16.1. The van der Waals surface area contributed by atoms with Crippen LogP contribution in [-0.4, -0.2) is 21.3 Å². The summed E-state index contributed by atoms with van der Waals surface area (Å²) in [6.45, 7) is 4.75. The molecule has 0 saturated carbocycles. The number of nitrogens with one attached hydrogen (secondary N) is 1. The van der Waals surface area contributed by atoms with E-state index in [1.165, 1.54) is 31.4 Å². The minimum absolute atomic E-state index is 0.185. The van der Waals surface area contributed by atoms with E-state index in [4.69, 9.17) is 0 Å². The SMILES string of the molecule is C[C@@H](CNCc1nnc2n1CCCCC2)c1ccc(F)cc1. The molecule has 5 heteroatoms. The first-order valence-electron chi connectivity index (χ1n) is 8.11. The third kappa shape index (κ3) is 3.53. The summed E-state index contributed by atoms with van der Waals surface area (Å²) < 4.78 is 15.2. The Morgan fingerprint density at radius 3 is 2.82 bits per heavy atom. The standard InChI is InChI=1S/C17H23FN4/c1-13(14-6-8-15(18)9-7-14)11-19-12-17-21-20-16-5-3-2-4-10-22(16)17/h6-9,13,19H,2-5,10-12H2,1H3/t13-/m0/s1. The zero-order chi connectivity index (χ0) is 15.4. The molecule has 1 aromatic carbocycles. The summed E-state index contributed by atoms with van der Waals surface area (Å²) in [6, 6.07) is 6.74. The smallest absolute Gasteiger partial charge is 0.147 e. The Kier molecular flexibility index (Phi) is 4.83. The molecule has 3 rings (SSSR count). The second kappa shape index (κ2) is 7.01. The highest BCUT2D eigenvalue weighted by Gasteiger charge is 2.14. The summed E-state index contributed by atoms with van der Waals surface area (Å²) in [5.74, 6) is 2.31.